The first-order valence-electron chi connectivity index (χ1n) is 7.72. The number of amides is 1. The second-order valence-electron chi connectivity index (χ2n) is 5.77. The number of carbonyl (C=O) groups is 1. The van der Waals surface area contributed by atoms with Crippen LogP contribution in [0.25, 0.3) is 0 Å². The average Bonchev–Trinajstić information content (AvgIpc) is 2.99. The lowest BCUT2D eigenvalue weighted by Crippen LogP contribution is -2.50. The van der Waals surface area contributed by atoms with Crippen LogP contribution in [0.5, 0.6) is 0 Å². The molecule has 0 saturated carbocycles. The van der Waals surface area contributed by atoms with E-state index in [1.165, 1.54) is 31.1 Å². The number of hydrogen-bond donors (Lipinski definition) is 1. The molecule has 0 radical (unpaired) electrons. The molecule has 0 bridgehead atoms. The Morgan fingerprint density at radius 2 is 2.32 bits per heavy atom. The average molecular weight is 341 g/mol. The first-order chi connectivity index (χ1) is 10.7. The number of fused-ring (bicyclic) bond motifs is 1. The molecule has 2 heterocycles. The van der Waals surface area contributed by atoms with Crippen molar-refractivity contribution < 1.29 is 9.53 Å². The van der Waals surface area contributed by atoms with Crippen LogP contribution in [0.1, 0.15) is 12.8 Å². The van der Waals surface area contributed by atoms with Crippen molar-refractivity contribution in [3.05, 3.63) is 29.3 Å². The summed E-state index contributed by atoms with van der Waals surface area (Å²) >= 11 is 7.54. The van der Waals surface area contributed by atoms with Crippen molar-refractivity contribution >= 4 is 29.3 Å². The van der Waals surface area contributed by atoms with E-state index < -0.39 is 0 Å². The number of morpholine rings is 1. The second kappa shape index (κ2) is 7.68. The number of rotatable bonds is 5. The van der Waals surface area contributed by atoms with Gasteiger partial charge in [0.2, 0.25) is 5.91 Å². The summed E-state index contributed by atoms with van der Waals surface area (Å²) in [6.45, 7) is 3.49. The van der Waals surface area contributed by atoms with Crippen LogP contribution >= 0.6 is 23.4 Å². The molecule has 0 spiro atoms. The molecule has 2 saturated heterocycles. The van der Waals surface area contributed by atoms with Crippen molar-refractivity contribution in [3.8, 4) is 0 Å². The fourth-order valence-corrected chi connectivity index (χ4v) is 4.06. The van der Waals surface area contributed by atoms with Crippen LogP contribution in [0.2, 0.25) is 5.02 Å². The molecule has 4 nitrogen and oxygen atoms in total. The van der Waals surface area contributed by atoms with Gasteiger partial charge in [-0.25, -0.2) is 0 Å². The zero-order valence-corrected chi connectivity index (χ0v) is 14.0. The van der Waals surface area contributed by atoms with Gasteiger partial charge in [0.05, 0.1) is 23.5 Å². The molecule has 2 aliphatic rings. The summed E-state index contributed by atoms with van der Waals surface area (Å²) in [6, 6.07) is 8.18. The Bertz CT molecular complexity index is 529. The summed E-state index contributed by atoms with van der Waals surface area (Å²) in [5.41, 5.74) is 0. The SMILES string of the molecule is O=C(CSc1ccccc1Cl)NC[C@H]1CN2CCC[C@@H]2CO1. The zero-order chi connectivity index (χ0) is 15.4. The van der Waals surface area contributed by atoms with Gasteiger partial charge in [0.1, 0.15) is 0 Å². The number of carbonyl (C=O) groups excluding carboxylic acids is 1. The Labute approximate surface area is 140 Å². The van der Waals surface area contributed by atoms with Gasteiger partial charge in [-0.05, 0) is 31.5 Å². The lowest BCUT2D eigenvalue weighted by molar-refractivity contribution is -0.120. The van der Waals surface area contributed by atoms with E-state index in [1.807, 2.05) is 24.3 Å². The van der Waals surface area contributed by atoms with E-state index >= 15 is 0 Å². The van der Waals surface area contributed by atoms with Crippen LogP contribution in [0.15, 0.2) is 29.2 Å². The molecule has 120 valence electrons. The minimum absolute atomic E-state index is 0.0251. The Kier molecular flexibility index (Phi) is 5.63. The first kappa shape index (κ1) is 16.1. The van der Waals surface area contributed by atoms with Gasteiger partial charge >= 0.3 is 0 Å². The summed E-state index contributed by atoms with van der Waals surface area (Å²) in [6.07, 6.45) is 2.62. The molecule has 1 amide bonds. The lowest BCUT2D eigenvalue weighted by atomic mass is 10.2. The number of halogens is 1. The number of benzene rings is 1. The summed E-state index contributed by atoms with van der Waals surface area (Å²) in [5.74, 6) is 0.403. The first-order valence-corrected chi connectivity index (χ1v) is 9.08. The maximum Gasteiger partial charge on any atom is 0.230 e. The van der Waals surface area contributed by atoms with Gasteiger partial charge in [-0.2, -0.15) is 0 Å². The molecule has 6 heteroatoms. The van der Waals surface area contributed by atoms with E-state index in [0.717, 1.165) is 18.0 Å². The van der Waals surface area contributed by atoms with Crippen molar-refractivity contribution in [2.24, 2.45) is 0 Å². The zero-order valence-electron chi connectivity index (χ0n) is 12.5. The van der Waals surface area contributed by atoms with Crippen LogP contribution in [-0.4, -0.2) is 54.9 Å². The fraction of sp³-hybridized carbons (Fsp3) is 0.562. The van der Waals surface area contributed by atoms with Crippen molar-refractivity contribution in [1.29, 1.82) is 0 Å². The van der Waals surface area contributed by atoms with E-state index in [4.69, 9.17) is 16.3 Å². The number of nitrogens with one attached hydrogen (secondary N) is 1. The summed E-state index contributed by atoms with van der Waals surface area (Å²) in [4.78, 5) is 15.4. The van der Waals surface area contributed by atoms with Gasteiger partial charge in [0.15, 0.2) is 0 Å². The van der Waals surface area contributed by atoms with E-state index in [1.54, 1.807) is 0 Å². The third-order valence-electron chi connectivity index (χ3n) is 4.18. The quantitative estimate of drug-likeness (QED) is 0.836. The number of nitrogens with zero attached hydrogens (tertiary/aromatic N) is 1. The Balaban J connectivity index is 1.38. The normalized spacial score (nSPS) is 25.0. The minimum Gasteiger partial charge on any atom is -0.373 e. The lowest BCUT2D eigenvalue weighted by Gasteiger charge is -2.35. The van der Waals surface area contributed by atoms with Crippen LogP contribution in [-0.2, 0) is 9.53 Å². The Morgan fingerprint density at radius 3 is 3.18 bits per heavy atom. The number of hydrogen-bond acceptors (Lipinski definition) is 4. The predicted molar refractivity (Wildman–Crippen MR) is 89.5 cm³/mol. The molecular weight excluding hydrogens is 320 g/mol. The van der Waals surface area contributed by atoms with Crippen LogP contribution < -0.4 is 5.32 Å². The molecule has 0 aliphatic carbocycles. The molecule has 2 fully saturated rings. The highest BCUT2D eigenvalue weighted by atomic mass is 35.5. The van der Waals surface area contributed by atoms with Crippen molar-refractivity contribution in [1.82, 2.24) is 10.2 Å². The molecule has 0 aromatic heterocycles. The standard InChI is InChI=1S/C16H21ClN2O2S/c17-14-5-1-2-6-15(14)22-11-16(20)18-8-13-9-19-7-3-4-12(19)10-21-13/h1-2,5-6,12-13H,3-4,7-11H2,(H,18,20)/t12-,13+/m1/s1. The van der Waals surface area contributed by atoms with E-state index in [9.17, 15) is 4.79 Å². The Morgan fingerprint density at radius 1 is 1.45 bits per heavy atom. The monoisotopic (exact) mass is 340 g/mol. The third-order valence-corrected chi connectivity index (χ3v) is 5.70. The topological polar surface area (TPSA) is 41.6 Å². The van der Waals surface area contributed by atoms with Crippen LogP contribution in [0, 0.1) is 0 Å². The molecule has 1 aromatic carbocycles. The molecule has 1 N–H and O–H groups in total. The van der Waals surface area contributed by atoms with Gasteiger partial charge in [0.25, 0.3) is 0 Å². The number of ether oxygens (including phenoxy) is 1. The van der Waals surface area contributed by atoms with E-state index in [0.29, 0.717) is 23.4 Å². The second-order valence-corrected chi connectivity index (χ2v) is 7.19. The highest BCUT2D eigenvalue weighted by Crippen LogP contribution is 2.26. The molecule has 0 unspecified atom stereocenters. The third kappa shape index (κ3) is 4.16. The van der Waals surface area contributed by atoms with Gasteiger partial charge in [-0.3, -0.25) is 9.69 Å². The van der Waals surface area contributed by atoms with Crippen molar-refractivity contribution in [3.63, 3.8) is 0 Å². The maximum atomic E-state index is 12.0. The number of thioether (sulfide) groups is 1. The van der Waals surface area contributed by atoms with E-state index in [-0.39, 0.29) is 12.0 Å². The smallest absolute Gasteiger partial charge is 0.230 e. The molecule has 2 aliphatic heterocycles. The highest BCUT2D eigenvalue weighted by Gasteiger charge is 2.32. The summed E-state index contributed by atoms with van der Waals surface area (Å²) in [5, 5.41) is 3.66. The minimum atomic E-state index is 0.0251. The van der Waals surface area contributed by atoms with Gasteiger partial charge in [-0.15, -0.1) is 11.8 Å². The predicted octanol–water partition coefficient (Wildman–Crippen LogP) is 2.41. The van der Waals surface area contributed by atoms with Crippen molar-refractivity contribution in [2.45, 2.75) is 29.9 Å². The van der Waals surface area contributed by atoms with Crippen LogP contribution in [0.4, 0.5) is 0 Å². The van der Waals surface area contributed by atoms with Gasteiger partial charge in [0, 0.05) is 24.0 Å². The molecular formula is C16H21ClN2O2S. The molecule has 22 heavy (non-hydrogen) atoms. The summed E-state index contributed by atoms with van der Waals surface area (Å²) < 4.78 is 5.84. The van der Waals surface area contributed by atoms with Gasteiger partial charge in [-0.1, -0.05) is 23.7 Å². The molecule has 3 rings (SSSR count). The van der Waals surface area contributed by atoms with Gasteiger partial charge < -0.3 is 10.1 Å². The largest absolute Gasteiger partial charge is 0.373 e. The summed E-state index contributed by atoms with van der Waals surface area (Å²) in [7, 11) is 0. The molecule has 1 aromatic rings. The van der Waals surface area contributed by atoms with E-state index in [2.05, 4.69) is 10.2 Å². The fourth-order valence-electron chi connectivity index (χ4n) is 2.99. The van der Waals surface area contributed by atoms with Crippen LogP contribution in [0.3, 0.4) is 0 Å². The molecule has 2 atom stereocenters. The Hall–Kier alpha value is -0.750. The highest BCUT2D eigenvalue weighted by molar-refractivity contribution is 8.00. The maximum absolute atomic E-state index is 12.0. The van der Waals surface area contributed by atoms with Crippen molar-refractivity contribution in [2.75, 3.05) is 32.0 Å².